The highest BCUT2D eigenvalue weighted by molar-refractivity contribution is 7.90. The van der Waals surface area contributed by atoms with E-state index in [0.29, 0.717) is 0 Å². The van der Waals surface area contributed by atoms with Gasteiger partial charge < -0.3 is 9.84 Å². The third-order valence-electron chi connectivity index (χ3n) is 3.09. The number of carbonyl (C=O) groups excluding carboxylic acids is 1. The lowest BCUT2D eigenvalue weighted by atomic mass is 9.99. The Morgan fingerprint density at radius 3 is 2.50 bits per heavy atom. The number of nitrogens with one attached hydrogen (secondary N) is 1. The lowest BCUT2D eigenvalue weighted by Gasteiger charge is -2.10. The molecule has 0 spiro atoms. The molecular weight excluding hydrogens is 280 g/mol. The summed E-state index contributed by atoms with van der Waals surface area (Å²) in [5, 5.41) is 6.50. The zero-order chi connectivity index (χ0) is 15.3. The molecule has 1 heterocycles. The highest BCUT2D eigenvalue weighted by Crippen LogP contribution is 2.22. The van der Waals surface area contributed by atoms with Gasteiger partial charge in [-0.3, -0.25) is 4.79 Å². The number of nitrogens with zero attached hydrogens (tertiary/aromatic N) is 1. The summed E-state index contributed by atoms with van der Waals surface area (Å²) in [4.78, 5) is 11.9. The van der Waals surface area contributed by atoms with Crippen LogP contribution in [0.25, 0.3) is 0 Å². The van der Waals surface area contributed by atoms with Crippen molar-refractivity contribution in [2.75, 3.05) is 12.0 Å². The number of aromatic nitrogens is 1. The van der Waals surface area contributed by atoms with Gasteiger partial charge in [-0.2, -0.15) is 0 Å². The van der Waals surface area contributed by atoms with E-state index in [1.54, 1.807) is 13.0 Å². The molecule has 1 rings (SSSR count). The van der Waals surface area contributed by atoms with Crippen molar-refractivity contribution in [3.05, 3.63) is 17.5 Å². The van der Waals surface area contributed by atoms with Crippen molar-refractivity contribution in [2.24, 2.45) is 0 Å². The number of rotatable bonds is 7. The van der Waals surface area contributed by atoms with Crippen LogP contribution in [0.5, 0.6) is 0 Å². The first-order chi connectivity index (χ1) is 9.26. The van der Waals surface area contributed by atoms with Crippen LogP contribution in [0.3, 0.4) is 0 Å². The topological polar surface area (TPSA) is 89.3 Å². The zero-order valence-corrected chi connectivity index (χ0v) is 13.2. The first-order valence-electron chi connectivity index (χ1n) is 6.72. The number of hydrogen-bond donors (Lipinski definition) is 1. The number of carbonyl (C=O) groups is 1. The van der Waals surface area contributed by atoms with E-state index in [9.17, 15) is 13.2 Å². The summed E-state index contributed by atoms with van der Waals surface area (Å²) >= 11 is 0. The molecule has 0 aromatic carbocycles. The molecule has 1 aromatic rings. The van der Waals surface area contributed by atoms with E-state index in [1.165, 1.54) is 0 Å². The van der Waals surface area contributed by atoms with Crippen LogP contribution >= 0.6 is 0 Å². The molecule has 0 radical (unpaired) electrons. The molecule has 0 fully saturated rings. The van der Waals surface area contributed by atoms with Crippen molar-refractivity contribution in [3.8, 4) is 0 Å². The van der Waals surface area contributed by atoms with Crippen LogP contribution in [-0.4, -0.2) is 37.5 Å². The van der Waals surface area contributed by atoms with E-state index in [-0.39, 0.29) is 17.4 Å². The van der Waals surface area contributed by atoms with Crippen LogP contribution in [-0.2, 0) is 9.84 Å². The first kappa shape index (κ1) is 16.7. The van der Waals surface area contributed by atoms with Gasteiger partial charge >= 0.3 is 0 Å². The quantitative estimate of drug-likeness (QED) is 0.828. The minimum Gasteiger partial charge on any atom is -0.351 e. The van der Waals surface area contributed by atoms with Gasteiger partial charge in [0.15, 0.2) is 0 Å². The van der Waals surface area contributed by atoms with Gasteiger partial charge in [-0.1, -0.05) is 19.0 Å². The largest absolute Gasteiger partial charge is 0.351 e. The van der Waals surface area contributed by atoms with Crippen LogP contribution in [0.1, 0.15) is 55.8 Å². The van der Waals surface area contributed by atoms with Crippen molar-refractivity contribution >= 4 is 15.7 Å². The van der Waals surface area contributed by atoms with Gasteiger partial charge in [0.05, 0.1) is 11.4 Å². The molecular formula is C13H22N2O4S. The minimum atomic E-state index is -3.13. The Morgan fingerprint density at radius 2 is 2.00 bits per heavy atom. The molecule has 1 aromatic heterocycles. The molecule has 1 atom stereocenters. The van der Waals surface area contributed by atoms with Gasteiger partial charge in [-0.25, -0.2) is 8.42 Å². The predicted molar refractivity (Wildman–Crippen MR) is 76.5 cm³/mol. The molecule has 0 saturated heterocycles. The number of sulfone groups is 1. The second-order valence-electron chi connectivity index (χ2n) is 5.10. The van der Waals surface area contributed by atoms with Crippen molar-refractivity contribution < 1.29 is 17.7 Å². The van der Waals surface area contributed by atoms with E-state index in [4.69, 9.17) is 4.52 Å². The maximum atomic E-state index is 11.9. The Bertz CT molecular complexity index is 546. The van der Waals surface area contributed by atoms with Gasteiger partial charge in [-0.05, 0) is 19.8 Å². The average molecular weight is 302 g/mol. The van der Waals surface area contributed by atoms with Crippen LogP contribution in [0, 0.1) is 0 Å². The van der Waals surface area contributed by atoms with E-state index in [0.717, 1.165) is 24.8 Å². The molecule has 1 amide bonds. The number of amides is 1. The lowest BCUT2D eigenvalue weighted by Crippen LogP contribution is -2.37. The molecule has 1 N–H and O–H groups in total. The maximum absolute atomic E-state index is 11.9. The molecule has 0 aliphatic rings. The molecule has 7 heteroatoms. The smallest absolute Gasteiger partial charge is 0.290 e. The molecule has 0 saturated carbocycles. The molecule has 1 unspecified atom stereocenters. The van der Waals surface area contributed by atoms with Crippen LogP contribution in [0.15, 0.2) is 10.6 Å². The Morgan fingerprint density at radius 1 is 1.40 bits per heavy atom. The maximum Gasteiger partial charge on any atom is 0.290 e. The van der Waals surface area contributed by atoms with E-state index < -0.39 is 21.8 Å². The normalized spacial score (nSPS) is 13.4. The molecule has 114 valence electrons. The summed E-state index contributed by atoms with van der Waals surface area (Å²) in [5.74, 6) is -0.154. The SMILES string of the molecule is CCC(CC)c1cc(C(=O)NC(C)CS(C)(=O)=O)on1. The Hall–Kier alpha value is -1.37. The third kappa shape index (κ3) is 4.96. The Labute approximate surface area is 119 Å². The summed E-state index contributed by atoms with van der Waals surface area (Å²) in [6, 6.07) is 1.15. The van der Waals surface area contributed by atoms with Gasteiger partial charge in [0, 0.05) is 24.3 Å². The van der Waals surface area contributed by atoms with E-state index in [2.05, 4.69) is 24.3 Å². The highest BCUT2D eigenvalue weighted by atomic mass is 32.2. The third-order valence-corrected chi connectivity index (χ3v) is 4.19. The second-order valence-corrected chi connectivity index (χ2v) is 7.28. The highest BCUT2D eigenvalue weighted by Gasteiger charge is 2.20. The van der Waals surface area contributed by atoms with Crippen LogP contribution < -0.4 is 5.32 Å². The summed E-state index contributed by atoms with van der Waals surface area (Å²) in [6.07, 6.45) is 2.98. The predicted octanol–water partition coefficient (Wildman–Crippen LogP) is 1.74. The van der Waals surface area contributed by atoms with E-state index >= 15 is 0 Å². The molecule has 0 aliphatic heterocycles. The summed E-state index contributed by atoms with van der Waals surface area (Å²) < 4.78 is 27.3. The average Bonchev–Trinajstić information content (AvgIpc) is 2.77. The summed E-state index contributed by atoms with van der Waals surface area (Å²) in [6.45, 7) is 5.74. The van der Waals surface area contributed by atoms with Crippen LogP contribution in [0.2, 0.25) is 0 Å². The summed E-state index contributed by atoms with van der Waals surface area (Å²) in [7, 11) is -3.13. The fourth-order valence-corrected chi connectivity index (χ4v) is 3.08. The van der Waals surface area contributed by atoms with Gasteiger partial charge in [0.2, 0.25) is 5.76 Å². The summed E-state index contributed by atoms with van der Waals surface area (Å²) in [5.41, 5.74) is 0.760. The first-order valence-corrected chi connectivity index (χ1v) is 8.78. The minimum absolute atomic E-state index is 0.105. The fraction of sp³-hybridized carbons (Fsp3) is 0.692. The van der Waals surface area contributed by atoms with Crippen molar-refractivity contribution in [3.63, 3.8) is 0 Å². The lowest BCUT2D eigenvalue weighted by molar-refractivity contribution is 0.0906. The molecule has 6 nitrogen and oxygen atoms in total. The van der Waals surface area contributed by atoms with Crippen molar-refractivity contribution in [1.29, 1.82) is 0 Å². The zero-order valence-electron chi connectivity index (χ0n) is 12.3. The second kappa shape index (κ2) is 6.88. The van der Waals surface area contributed by atoms with E-state index in [1.807, 2.05) is 0 Å². The standard InChI is InChI=1S/C13H22N2O4S/c1-5-10(6-2)11-7-12(19-15-11)13(16)14-9(3)8-20(4,17)18/h7,9-10H,5-6,8H2,1-4H3,(H,14,16). The number of hydrogen-bond acceptors (Lipinski definition) is 5. The molecule has 20 heavy (non-hydrogen) atoms. The molecule has 0 aliphatic carbocycles. The van der Waals surface area contributed by atoms with Gasteiger partial charge in [-0.15, -0.1) is 0 Å². The van der Waals surface area contributed by atoms with Crippen molar-refractivity contribution in [2.45, 2.75) is 45.6 Å². The van der Waals surface area contributed by atoms with Gasteiger partial charge in [0.1, 0.15) is 9.84 Å². The fourth-order valence-electron chi connectivity index (χ4n) is 2.09. The Balaban J connectivity index is 2.69. The van der Waals surface area contributed by atoms with Crippen molar-refractivity contribution in [1.82, 2.24) is 10.5 Å². The monoisotopic (exact) mass is 302 g/mol. The molecule has 0 bridgehead atoms. The Kier molecular flexibility index (Phi) is 5.74. The van der Waals surface area contributed by atoms with Gasteiger partial charge in [0.25, 0.3) is 5.91 Å². The van der Waals surface area contributed by atoms with Crippen LogP contribution in [0.4, 0.5) is 0 Å².